The highest BCUT2D eigenvalue weighted by molar-refractivity contribution is 5.83. The van der Waals surface area contributed by atoms with Crippen molar-refractivity contribution in [1.82, 2.24) is 0 Å². The van der Waals surface area contributed by atoms with Crippen molar-refractivity contribution < 1.29 is 9.90 Å². The van der Waals surface area contributed by atoms with Gasteiger partial charge >= 0.3 is 0 Å². The summed E-state index contributed by atoms with van der Waals surface area (Å²) in [4.78, 5) is 11.1. The Morgan fingerprint density at radius 3 is 2.55 bits per heavy atom. The van der Waals surface area contributed by atoms with Crippen molar-refractivity contribution in [3.05, 3.63) is 0 Å². The lowest BCUT2D eigenvalue weighted by Gasteiger charge is -2.26. The topological polar surface area (TPSA) is 37.3 Å². The second kappa shape index (κ2) is 3.35. The minimum absolute atomic E-state index is 0.0370. The normalized spacial score (nSPS) is 32.9. The van der Waals surface area contributed by atoms with E-state index in [1.165, 1.54) is 0 Å². The van der Waals surface area contributed by atoms with Crippen LogP contribution in [-0.2, 0) is 4.79 Å². The summed E-state index contributed by atoms with van der Waals surface area (Å²) in [6.07, 6.45) is 1.59. The number of hydrogen-bond acceptors (Lipinski definition) is 2. The Morgan fingerprint density at radius 2 is 2.09 bits per heavy atom. The second-order valence-electron chi connectivity index (χ2n) is 3.77. The van der Waals surface area contributed by atoms with E-state index in [1.54, 1.807) is 0 Å². The monoisotopic (exact) mass is 156 g/mol. The zero-order valence-electron chi connectivity index (χ0n) is 7.21. The molecule has 1 fully saturated rings. The Labute approximate surface area is 67.6 Å². The fraction of sp³-hybridized carbons (Fsp3) is 0.889. The molecule has 0 radical (unpaired) electrons. The van der Waals surface area contributed by atoms with Crippen molar-refractivity contribution in [2.24, 2.45) is 11.8 Å². The average Bonchev–Trinajstić information content (AvgIpc) is 1.94. The van der Waals surface area contributed by atoms with Crippen LogP contribution in [0.25, 0.3) is 0 Å². The molecule has 1 N–H and O–H groups in total. The van der Waals surface area contributed by atoms with Gasteiger partial charge in [-0.3, -0.25) is 4.79 Å². The van der Waals surface area contributed by atoms with Gasteiger partial charge in [-0.25, -0.2) is 0 Å². The molecule has 1 rings (SSSR count). The first-order chi connectivity index (χ1) is 5.11. The zero-order chi connectivity index (χ0) is 8.43. The SMILES string of the molecule is CC(C)C1CCC(O)C(=O)C1. The summed E-state index contributed by atoms with van der Waals surface area (Å²) in [6.45, 7) is 4.27. The quantitative estimate of drug-likeness (QED) is 0.622. The number of ketones is 1. The maximum Gasteiger partial charge on any atom is 0.161 e. The number of carbonyl (C=O) groups is 1. The second-order valence-corrected chi connectivity index (χ2v) is 3.77. The van der Waals surface area contributed by atoms with E-state index in [0.29, 0.717) is 24.7 Å². The fourth-order valence-electron chi connectivity index (χ4n) is 1.60. The smallest absolute Gasteiger partial charge is 0.161 e. The van der Waals surface area contributed by atoms with Crippen LogP contribution in [0.3, 0.4) is 0 Å². The molecule has 0 aromatic heterocycles. The van der Waals surface area contributed by atoms with E-state index in [2.05, 4.69) is 13.8 Å². The van der Waals surface area contributed by atoms with Gasteiger partial charge in [0, 0.05) is 6.42 Å². The molecule has 0 spiro atoms. The number of hydrogen-bond donors (Lipinski definition) is 1. The Balaban J connectivity index is 2.46. The van der Waals surface area contributed by atoms with E-state index in [-0.39, 0.29) is 5.78 Å². The molecule has 11 heavy (non-hydrogen) atoms. The van der Waals surface area contributed by atoms with Gasteiger partial charge in [0.2, 0.25) is 0 Å². The predicted molar refractivity (Wildman–Crippen MR) is 43.2 cm³/mol. The van der Waals surface area contributed by atoms with Crippen LogP contribution in [-0.4, -0.2) is 17.0 Å². The molecule has 0 aliphatic heterocycles. The van der Waals surface area contributed by atoms with Gasteiger partial charge < -0.3 is 5.11 Å². The van der Waals surface area contributed by atoms with Gasteiger partial charge in [0.05, 0.1) is 0 Å². The van der Waals surface area contributed by atoms with Crippen molar-refractivity contribution >= 4 is 5.78 Å². The van der Waals surface area contributed by atoms with E-state index in [0.717, 1.165) is 6.42 Å². The molecule has 0 bridgehead atoms. The molecule has 2 nitrogen and oxygen atoms in total. The maximum atomic E-state index is 11.1. The highest BCUT2D eigenvalue weighted by atomic mass is 16.3. The summed E-state index contributed by atoms with van der Waals surface area (Å²) in [5, 5.41) is 9.13. The van der Waals surface area contributed by atoms with Gasteiger partial charge in [-0.05, 0) is 24.7 Å². The van der Waals surface area contributed by atoms with Gasteiger partial charge in [0.15, 0.2) is 5.78 Å². The lowest BCUT2D eigenvalue weighted by molar-refractivity contribution is -0.131. The van der Waals surface area contributed by atoms with Crippen LogP contribution in [0.4, 0.5) is 0 Å². The minimum Gasteiger partial charge on any atom is -0.385 e. The molecule has 2 unspecified atom stereocenters. The maximum absolute atomic E-state index is 11.1. The van der Waals surface area contributed by atoms with Crippen LogP contribution < -0.4 is 0 Å². The van der Waals surface area contributed by atoms with Crippen molar-refractivity contribution in [2.75, 3.05) is 0 Å². The summed E-state index contributed by atoms with van der Waals surface area (Å²) < 4.78 is 0. The molecule has 0 aromatic rings. The zero-order valence-corrected chi connectivity index (χ0v) is 7.21. The number of aliphatic hydroxyl groups excluding tert-OH is 1. The van der Waals surface area contributed by atoms with E-state index < -0.39 is 6.10 Å². The molecule has 0 amide bonds. The summed E-state index contributed by atoms with van der Waals surface area (Å²) in [5.41, 5.74) is 0. The molecule has 2 atom stereocenters. The lowest BCUT2D eigenvalue weighted by atomic mass is 9.80. The molecule has 0 saturated heterocycles. The van der Waals surface area contributed by atoms with Crippen LogP contribution in [0, 0.1) is 11.8 Å². The van der Waals surface area contributed by atoms with Crippen LogP contribution in [0.15, 0.2) is 0 Å². The Kier molecular flexibility index (Phi) is 2.66. The van der Waals surface area contributed by atoms with E-state index >= 15 is 0 Å². The third kappa shape index (κ3) is 2.03. The molecule has 2 heteroatoms. The summed E-state index contributed by atoms with van der Waals surface area (Å²) in [7, 11) is 0. The molecule has 1 aliphatic rings. The average molecular weight is 156 g/mol. The Bertz CT molecular complexity index is 152. The molecule has 0 aromatic carbocycles. The molecular weight excluding hydrogens is 140 g/mol. The number of carbonyl (C=O) groups excluding carboxylic acids is 1. The predicted octanol–water partition coefficient (Wildman–Crippen LogP) is 1.37. The molecule has 1 aliphatic carbocycles. The first-order valence-corrected chi connectivity index (χ1v) is 4.32. The number of rotatable bonds is 1. The van der Waals surface area contributed by atoms with Crippen LogP contribution in [0.1, 0.15) is 33.1 Å². The molecule has 0 heterocycles. The highest BCUT2D eigenvalue weighted by Gasteiger charge is 2.28. The Morgan fingerprint density at radius 1 is 1.45 bits per heavy atom. The molecule has 1 saturated carbocycles. The first-order valence-electron chi connectivity index (χ1n) is 4.32. The summed E-state index contributed by atoms with van der Waals surface area (Å²) in [5.74, 6) is 1.12. The Hall–Kier alpha value is -0.370. The fourth-order valence-corrected chi connectivity index (χ4v) is 1.60. The number of aliphatic hydroxyl groups is 1. The van der Waals surface area contributed by atoms with E-state index in [9.17, 15) is 4.79 Å². The van der Waals surface area contributed by atoms with Crippen LogP contribution >= 0.6 is 0 Å². The van der Waals surface area contributed by atoms with E-state index in [1.807, 2.05) is 0 Å². The largest absolute Gasteiger partial charge is 0.385 e. The van der Waals surface area contributed by atoms with Crippen LogP contribution in [0.5, 0.6) is 0 Å². The first kappa shape index (κ1) is 8.72. The standard InChI is InChI=1S/C9H16O2/c1-6(2)7-3-4-8(10)9(11)5-7/h6-8,10H,3-5H2,1-2H3. The van der Waals surface area contributed by atoms with Gasteiger partial charge in [-0.15, -0.1) is 0 Å². The van der Waals surface area contributed by atoms with Gasteiger partial charge in [0.1, 0.15) is 6.10 Å². The minimum atomic E-state index is -0.662. The van der Waals surface area contributed by atoms with Crippen molar-refractivity contribution in [1.29, 1.82) is 0 Å². The van der Waals surface area contributed by atoms with Gasteiger partial charge in [0.25, 0.3) is 0 Å². The number of Topliss-reactive ketones (excluding diaryl/α,β-unsaturated/α-hetero) is 1. The molecular formula is C9H16O2. The van der Waals surface area contributed by atoms with Crippen molar-refractivity contribution in [2.45, 2.75) is 39.2 Å². The van der Waals surface area contributed by atoms with Crippen LogP contribution in [0.2, 0.25) is 0 Å². The lowest BCUT2D eigenvalue weighted by Crippen LogP contribution is -2.30. The van der Waals surface area contributed by atoms with Crippen molar-refractivity contribution in [3.63, 3.8) is 0 Å². The third-order valence-corrected chi connectivity index (χ3v) is 2.59. The molecule has 64 valence electrons. The van der Waals surface area contributed by atoms with Crippen molar-refractivity contribution in [3.8, 4) is 0 Å². The highest BCUT2D eigenvalue weighted by Crippen LogP contribution is 2.27. The third-order valence-electron chi connectivity index (χ3n) is 2.59. The van der Waals surface area contributed by atoms with Gasteiger partial charge in [-0.1, -0.05) is 13.8 Å². The van der Waals surface area contributed by atoms with E-state index in [4.69, 9.17) is 5.11 Å². The summed E-state index contributed by atoms with van der Waals surface area (Å²) >= 11 is 0. The summed E-state index contributed by atoms with van der Waals surface area (Å²) in [6, 6.07) is 0. The van der Waals surface area contributed by atoms with Gasteiger partial charge in [-0.2, -0.15) is 0 Å².